The van der Waals surface area contributed by atoms with Gasteiger partial charge in [0.15, 0.2) is 0 Å². The summed E-state index contributed by atoms with van der Waals surface area (Å²) in [5.41, 5.74) is 6.79. The minimum Gasteiger partial charge on any atom is -0.480 e. The molecule has 0 aliphatic heterocycles. The van der Waals surface area contributed by atoms with Crippen LogP contribution in [0.4, 0.5) is 5.69 Å². The van der Waals surface area contributed by atoms with E-state index in [1.807, 2.05) is 0 Å². The number of para-hydroxylation sites is 1. The van der Waals surface area contributed by atoms with Crippen molar-refractivity contribution in [3.05, 3.63) is 52.2 Å². The van der Waals surface area contributed by atoms with Crippen molar-refractivity contribution in [3.8, 4) is 0 Å². The third-order valence-corrected chi connectivity index (χ3v) is 3.18. The fourth-order valence-electron chi connectivity index (χ4n) is 2.16. The molecule has 3 aromatic rings. The molecule has 0 amide bonds. The molecular formula is C13H12N6O3. The zero-order chi connectivity index (χ0) is 15.7. The Labute approximate surface area is 123 Å². The highest BCUT2D eigenvalue weighted by Crippen LogP contribution is 2.13. The average Bonchev–Trinajstić information content (AvgIpc) is 2.93. The minimum atomic E-state index is -1.15. The number of hydrogen-bond donors (Lipinski definition) is 2. The lowest BCUT2D eigenvalue weighted by Gasteiger charge is -2.08. The normalized spacial score (nSPS) is 10.9. The molecule has 9 nitrogen and oxygen atoms in total. The molecule has 0 saturated carbocycles. The van der Waals surface area contributed by atoms with Crippen LogP contribution in [-0.4, -0.2) is 35.5 Å². The fourth-order valence-corrected chi connectivity index (χ4v) is 2.16. The van der Waals surface area contributed by atoms with Crippen molar-refractivity contribution in [1.29, 1.82) is 0 Å². The van der Waals surface area contributed by atoms with Gasteiger partial charge in [0.05, 0.1) is 0 Å². The summed E-state index contributed by atoms with van der Waals surface area (Å²) in [6.07, 6.45) is 1.50. The standard InChI is InChI=1S/C13H12N6O3/c14-9-4-2-1-3-8(9)5-10-12(22)18(6-11(20)21)13-16-15-7-19(13)17-10/h1-4,7H,5-6,14H2,(H,20,21). The average molecular weight is 300 g/mol. The van der Waals surface area contributed by atoms with E-state index >= 15 is 0 Å². The van der Waals surface area contributed by atoms with Gasteiger partial charge in [-0.15, -0.1) is 10.2 Å². The molecule has 0 aliphatic carbocycles. The second-order valence-corrected chi connectivity index (χ2v) is 4.68. The zero-order valence-corrected chi connectivity index (χ0v) is 11.4. The number of rotatable bonds is 4. The Hall–Kier alpha value is -3.23. The van der Waals surface area contributed by atoms with Gasteiger partial charge in [-0.05, 0) is 11.6 Å². The highest BCUT2D eigenvalue weighted by molar-refractivity contribution is 5.67. The van der Waals surface area contributed by atoms with Crippen LogP contribution in [0, 0.1) is 0 Å². The number of fused-ring (bicyclic) bond motifs is 1. The first-order valence-electron chi connectivity index (χ1n) is 6.41. The molecule has 9 heteroatoms. The number of aliphatic carboxylic acids is 1. The monoisotopic (exact) mass is 300 g/mol. The van der Waals surface area contributed by atoms with E-state index in [0.29, 0.717) is 5.69 Å². The van der Waals surface area contributed by atoms with E-state index in [1.54, 1.807) is 24.3 Å². The maximum absolute atomic E-state index is 12.4. The van der Waals surface area contributed by atoms with Crippen LogP contribution in [0.25, 0.3) is 5.78 Å². The molecule has 2 aromatic heterocycles. The Bertz CT molecular complexity index is 914. The molecule has 3 N–H and O–H groups in total. The van der Waals surface area contributed by atoms with E-state index < -0.39 is 18.1 Å². The van der Waals surface area contributed by atoms with Gasteiger partial charge in [0.2, 0.25) is 0 Å². The van der Waals surface area contributed by atoms with E-state index in [1.165, 1.54) is 10.8 Å². The highest BCUT2D eigenvalue weighted by Gasteiger charge is 2.16. The maximum atomic E-state index is 12.4. The number of carboxylic acids is 1. The molecule has 112 valence electrons. The van der Waals surface area contributed by atoms with Gasteiger partial charge < -0.3 is 10.8 Å². The number of carbonyl (C=O) groups is 1. The Morgan fingerprint density at radius 2 is 2.09 bits per heavy atom. The lowest BCUT2D eigenvalue weighted by molar-refractivity contribution is -0.137. The number of aromatic nitrogens is 5. The Balaban J connectivity index is 2.14. The molecule has 0 fully saturated rings. The SMILES string of the molecule is Nc1ccccc1Cc1nn2cnnc2n(CC(=O)O)c1=O. The van der Waals surface area contributed by atoms with E-state index in [2.05, 4.69) is 15.3 Å². The first-order valence-corrected chi connectivity index (χ1v) is 6.41. The van der Waals surface area contributed by atoms with Gasteiger partial charge in [0.1, 0.15) is 18.6 Å². The summed E-state index contributed by atoms with van der Waals surface area (Å²) in [6, 6.07) is 7.10. The van der Waals surface area contributed by atoms with Crippen LogP contribution in [0.5, 0.6) is 0 Å². The van der Waals surface area contributed by atoms with Crippen LogP contribution in [-0.2, 0) is 17.8 Å². The van der Waals surface area contributed by atoms with Crippen LogP contribution in [0.3, 0.4) is 0 Å². The van der Waals surface area contributed by atoms with Gasteiger partial charge in [-0.2, -0.15) is 9.61 Å². The van der Waals surface area contributed by atoms with Crippen LogP contribution < -0.4 is 11.3 Å². The van der Waals surface area contributed by atoms with Gasteiger partial charge in [-0.3, -0.25) is 14.2 Å². The molecule has 0 atom stereocenters. The highest BCUT2D eigenvalue weighted by atomic mass is 16.4. The molecular weight excluding hydrogens is 288 g/mol. The van der Waals surface area contributed by atoms with Crippen molar-refractivity contribution in [2.75, 3.05) is 5.73 Å². The van der Waals surface area contributed by atoms with E-state index in [0.717, 1.165) is 10.1 Å². The van der Waals surface area contributed by atoms with Crippen LogP contribution in [0.2, 0.25) is 0 Å². The predicted octanol–water partition coefficient (Wildman–Crippen LogP) is -0.456. The Morgan fingerprint density at radius 3 is 2.82 bits per heavy atom. The summed E-state index contributed by atoms with van der Waals surface area (Å²) in [4.78, 5) is 23.4. The second-order valence-electron chi connectivity index (χ2n) is 4.68. The first kappa shape index (κ1) is 13.7. The van der Waals surface area contributed by atoms with Crippen molar-refractivity contribution in [2.24, 2.45) is 0 Å². The molecule has 3 rings (SSSR count). The van der Waals surface area contributed by atoms with Crippen molar-refractivity contribution in [2.45, 2.75) is 13.0 Å². The summed E-state index contributed by atoms with van der Waals surface area (Å²) < 4.78 is 2.30. The minimum absolute atomic E-state index is 0.0807. The van der Waals surface area contributed by atoms with Crippen LogP contribution in [0.1, 0.15) is 11.3 Å². The quantitative estimate of drug-likeness (QED) is 0.624. The van der Waals surface area contributed by atoms with Crippen LogP contribution >= 0.6 is 0 Å². The first-order chi connectivity index (χ1) is 10.6. The van der Waals surface area contributed by atoms with Crippen molar-refractivity contribution < 1.29 is 9.90 Å². The molecule has 0 aliphatic rings. The largest absolute Gasteiger partial charge is 0.480 e. The zero-order valence-electron chi connectivity index (χ0n) is 11.4. The molecule has 1 aromatic carbocycles. The van der Waals surface area contributed by atoms with Gasteiger partial charge in [0, 0.05) is 12.1 Å². The number of carboxylic acid groups (broad SMARTS) is 1. The van der Waals surface area contributed by atoms with E-state index in [9.17, 15) is 9.59 Å². The van der Waals surface area contributed by atoms with E-state index in [-0.39, 0.29) is 17.9 Å². The number of nitrogens with two attached hydrogens (primary N) is 1. The van der Waals surface area contributed by atoms with Gasteiger partial charge in [-0.1, -0.05) is 18.2 Å². The summed E-state index contributed by atoms with van der Waals surface area (Å²) in [5.74, 6) is -1.07. The number of hydrogen-bond acceptors (Lipinski definition) is 6. The van der Waals surface area contributed by atoms with Gasteiger partial charge in [-0.25, -0.2) is 0 Å². The third-order valence-electron chi connectivity index (χ3n) is 3.18. The number of benzene rings is 1. The molecule has 0 bridgehead atoms. The third kappa shape index (κ3) is 2.39. The van der Waals surface area contributed by atoms with Crippen molar-refractivity contribution >= 4 is 17.4 Å². The van der Waals surface area contributed by atoms with Crippen molar-refractivity contribution in [3.63, 3.8) is 0 Å². The predicted molar refractivity (Wildman–Crippen MR) is 76.3 cm³/mol. The lowest BCUT2D eigenvalue weighted by Crippen LogP contribution is -2.31. The van der Waals surface area contributed by atoms with Gasteiger partial charge in [0.25, 0.3) is 11.3 Å². The van der Waals surface area contributed by atoms with Gasteiger partial charge >= 0.3 is 5.97 Å². The molecule has 2 heterocycles. The lowest BCUT2D eigenvalue weighted by atomic mass is 10.1. The molecule has 0 unspecified atom stereocenters. The topological polar surface area (TPSA) is 128 Å². The Kier molecular flexibility index (Phi) is 3.30. The molecule has 22 heavy (non-hydrogen) atoms. The summed E-state index contributed by atoms with van der Waals surface area (Å²) in [5, 5.41) is 20.5. The summed E-state index contributed by atoms with van der Waals surface area (Å²) in [6.45, 7) is -0.513. The maximum Gasteiger partial charge on any atom is 0.323 e. The molecule has 0 saturated heterocycles. The van der Waals surface area contributed by atoms with Crippen molar-refractivity contribution in [1.82, 2.24) is 24.4 Å². The van der Waals surface area contributed by atoms with Crippen LogP contribution in [0.15, 0.2) is 35.4 Å². The molecule has 0 spiro atoms. The smallest absolute Gasteiger partial charge is 0.323 e. The number of anilines is 1. The Morgan fingerprint density at radius 1 is 1.32 bits per heavy atom. The number of nitrogen functional groups attached to an aromatic ring is 1. The molecule has 0 radical (unpaired) electrons. The second kappa shape index (κ2) is 5.28. The van der Waals surface area contributed by atoms with E-state index in [4.69, 9.17) is 10.8 Å². The fraction of sp³-hybridized carbons (Fsp3) is 0.154. The summed E-state index contributed by atoms with van der Waals surface area (Å²) >= 11 is 0. The summed E-state index contributed by atoms with van der Waals surface area (Å²) in [7, 11) is 0. The number of nitrogens with zero attached hydrogens (tertiary/aromatic N) is 5.